The Morgan fingerprint density at radius 2 is 1.48 bits per heavy atom. The molecule has 1 saturated heterocycles. The molecule has 0 radical (unpaired) electrons. The van der Waals surface area contributed by atoms with Crippen LogP contribution in [-0.2, 0) is 4.79 Å². The van der Waals surface area contributed by atoms with E-state index in [1.807, 2.05) is 61.7 Å². The molecule has 1 fully saturated rings. The van der Waals surface area contributed by atoms with Gasteiger partial charge in [0.25, 0.3) is 5.91 Å². The molecule has 1 aliphatic heterocycles. The molecule has 1 heterocycles. The first-order chi connectivity index (χ1) is 16.0. The topological polar surface area (TPSA) is 79.7 Å². The van der Waals surface area contributed by atoms with Crippen molar-refractivity contribution >= 4 is 18.0 Å². The van der Waals surface area contributed by atoms with Crippen molar-refractivity contribution in [2.45, 2.75) is 19.0 Å². The van der Waals surface area contributed by atoms with E-state index in [-0.39, 0.29) is 11.8 Å². The summed E-state index contributed by atoms with van der Waals surface area (Å²) in [6, 6.07) is 21.0. The molecule has 2 amide bonds. The third kappa shape index (κ3) is 4.87. The number of hydrazone groups is 1. The molecule has 33 heavy (non-hydrogen) atoms. The third-order valence-electron chi connectivity index (χ3n) is 5.60. The van der Waals surface area contributed by atoms with Crippen LogP contribution in [0.25, 0.3) is 0 Å². The molecule has 7 heteroatoms. The smallest absolute Gasteiger partial charge is 0.304 e. The predicted molar refractivity (Wildman–Crippen MR) is 125 cm³/mol. The van der Waals surface area contributed by atoms with Crippen molar-refractivity contribution in [3.63, 3.8) is 0 Å². The highest BCUT2D eigenvalue weighted by Crippen LogP contribution is 2.27. The Balaban J connectivity index is 1.67. The SMILES string of the molecule is COc1ccc(C(=O)N[C@@H]2C(=O)N/[N+](=C\c3ccc(C)cc3)[C@@H]2c2ccc(OC)cc2)cc1. The number of nitrogens with zero attached hydrogens (tertiary/aromatic N) is 1. The van der Waals surface area contributed by atoms with Gasteiger partial charge in [-0.2, -0.15) is 0 Å². The highest BCUT2D eigenvalue weighted by atomic mass is 16.5. The van der Waals surface area contributed by atoms with Crippen LogP contribution in [0, 0.1) is 6.92 Å². The zero-order valence-electron chi connectivity index (χ0n) is 18.7. The lowest BCUT2D eigenvalue weighted by atomic mass is 9.99. The second-order valence-corrected chi connectivity index (χ2v) is 7.82. The maximum atomic E-state index is 13.0. The molecule has 0 aromatic heterocycles. The summed E-state index contributed by atoms with van der Waals surface area (Å²) in [6.45, 7) is 2.02. The van der Waals surface area contributed by atoms with Crippen LogP contribution in [0.2, 0.25) is 0 Å². The Morgan fingerprint density at radius 3 is 2.06 bits per heavy atom. The van der Waals surface area contributed by atoms with Gasteiger partial charge in [0.15, 0.2) is 6.04 Å². The molecular weight excluding hydrogens is 418 g/mol. The number of amides is 2. The summed E-state index contributed by atoms with van der Waals surface area (Å²) in [5.74, 6) is 0.735. The Kier molecular flexibility index (Phi) is 6.40. The minimum absolute atomic E-state index is 0.291. The van der Waals surface area contributed by atoms with Crippen LogP contribution in [0.4, 0.5) is 0 Å². The fourth-order valence-corrected chi connectivity index (χ4v) is 3.76. The van der Waals surface area contributed by atoms with E-state index in [4.69, 9.17) is 9.47 Å². The summed E-state index contributed by atoms with van der Waals surface area (Å²) in [5.41, 5.74) is 6.27. The minimum Gasteiger partial charge on any atom is -0.497 e. The van der Waals surface area contributed by atoms with E-state index in [0.29, 0.717) is 17.1 Å². The van der Waals surface area contributed by atoms with Crippen LogP contribution in [0.5, 0.6) is 11.5 Å². The molecule has 4 rings (SSSR count). The number of nitrogens with one attached hydrogen (secondary N) is 2. The number of carbonyl (C=O) groups excluding carboxylic acids is 2. The maximum Gasteiger partial charge on any atom is 0.304 e. The Labute approximate surface area is 192 Å². The van der Waals surface area contributed by atoms with Crippen LogP contribution >= 0.6 is 0 Å². The van der Waals surface area contributed by atoms with E-state index in [1.54, 1.807) is 43.2 Å². The summed E-state index contributed by atoms with van der Waals surface area (Å²) in [5, 5.41) is 2.90. The number of carbonyl (C=O) groups is 2. The Morgan fingerprint density at radius 1 is 0.909 bits per heavy atom. The number of rotatable bonds is 6. The number of hydrogen-bond acceptors (Lipinski definition) is 4. The molecule has 1 aliphatic rings. The van der Waals surface area contributed by atoms with E-state index in [1.165, 1.54) is 0 Å². The van der Waals surface area contributed by atoms with Crippen LogP contribution in [0.3, 0.4) is 0 Å². The lowest BCUT2D eigenvalue weighted by molar-refractivity contribution is -0.596. The number of ether oxygens (including phenoxy) is 2. The Hall–Kier alpha value is -4.13. The van der Waals surface area contributed by atoms with E-state index in [0.717, 1.165) is 16.7 Å². The molecule has 3 aromatic rings. The van der Waals surface area contributed by atoms with Crippen LogP contribution in [0.1, 0.15) is 33.1 Å². The summed E-state index contributed by atoms with van der Waals surface area (Å²) < 4.78 is 12.2. The highest BCUT2D eigenvalue weighted by Gasteiger charge is 2.47. The van der Waals surface area contributed by atoms with Crippen molar-refractivity contribution in [3.05, 3.63) is 95.1 Å². The summed E-state index contributed by atoms with van der Waals surface area (Å²) in [7, 11) is 3.17. The molecule has 0 unspecified atom stereocenters. The van der Waals surface area contributed by atoms with Gasteiger partial charge in [0.1, 0.15) is 11.5 Å². The molecule has 0 saturated carbocycles. The monoisotopic (exact) mass is 444 g/mol. The molecule has 3 aromatic carbocycles. The zero-order valence-corrected chi connectivity index (χ0v) is 18.7. The fraction of sp³-hybridized carbons (Fsp3) is 0.192. The average molecular weight is 445 g/mol. The summed E-state index contributed by atoms with van der Waals surface area (Å²) >= 11 is 0. The van der Waals surface area contributed by atoms with Gasteiger partial charge >= 0.3 is 5.91 Å². The van der Waals surface area contributed by atoms with E-state index in [2.05, 4.69) is 10.7 Å². The maximum absolute atomic E-state index is 13.0. The number of methoxy groups -OCH3 is 2. The third-order valence-corrected chi connectivity index (χ3v) is 5.60. The molecule has 0 aliphatic carbocycles. The van der Waals surface area contributed by atoms with Crippen LogP contribution in [-0.4, -0.2) is 43.0 Å². The fourth-order valence-electron chi connectivity index (χ4n) is 3.76. The second kappa shape index (κ2) is 9.56. The summed E-state index contributed by atoms with van der Waals surface area (Å²) in [6.07, 6.45) is 1.87. The van der Waals surface area contributed by atoms with Crippen molar-refractivity contribution in [1.29, 1.82) is 0 Å². The first kappa shape index (κ1) is 22.1. The molecular formula is C26H26N3O4+. The largest absolute Gasteiger partial charge is 0.497 e. The molecule has 0 spiro atoms. The van der Waals surface area contributed by atoms with Crippen molar-refractivity contribution in [2.75, 3.05) is 14.2 Å². The van der Waals surface area contributed by atoms with Gasteiger partial charge in [0, 0.05) is 16.7 Å². The lowest BCUT2D eigenvalue weighted by Gasteiger charge is -2.15. The highest BCUT2D eigenvalue weighted by molar-refractivity contribution is 5.98. The van der Waals surface area contributed by atoms with Gasteiger partial charge in [-0.25, -0.2) is 0 Å². The minimum atomic E-state index is -0.797. The second-order valence-electron chi connectivity index (χ2n) is 7.82. The zero-order chi connectivity index (χ0) is 23.4. The van der Waals surface area contributed by atoms with Crippen LogP contribution < -0.4 is 20.2 Å². The first-order valence-corrected chi connectivity index (χ1v) is 10.6. The normalized spacial score (nSPS) is 18.6. The quantitative estimate of drug-likeness (QED) is 0.573. The molecule has 2 N–H and O–H groups in total. The average Bonchev–Trinajstić information content (AvgIpc) is 3.14. The Bertz CT molecular complexity index is 1170. The molecule has 0 bridgehead atoms. The number of hydrogen-bond donors (Lipinski definition) is 2. The first-order valence-electron chi connectivity index (χ1n) is 10.6. The van der Waals surface area contributed by atoms with E-state index < -0.39 is 12.1 Å². The molecule has 2 atom stereocenters. The number of benzene rings is 3. The molecule has 7 nitrogen and oxygen atoms in total. The lowest BCUT2D eigenvalue weighted by Crippen LogP contribution is -2.42. The predicted octanol–water partition coefficient (Wildman–Crippen LogP) is 3.03. The van der Waals surface area contributed by atoms with Gasteiger partial charge in [-0.15, -0.1) is 10.1 Å². The van der Waals surface area contributed by atoms with Crippen molar-refractivity contribution in [2.24, 2.45) is 0 Å². The van der Waals surface area contributed by atoms with Gasteiger partial charge in [-0.1, -0.05) is 17.7 Å². The van der Waals surface area contributed by atoms with Crippen LogP contribution in [0.15, 0.2) is 72.8 Å². The van der Waals surface area contributed by atoms with Crippen molar-refractivity contribution in [3.8, 4) is 11.5 Å². The van der Waals surface area contributed by atoms with Crippen molar-refractivity contribution < 1.29 is 23.7 Å². The van der Waals surface area contributed by atoms with Gasteiger partial charge in [0.2, 0.25) is 12.3 Å². The van der Waals surface area contributed by atoms with Gasteiger partial charge in [0.05, 0.1) is 14.2 Å². The standard InChI is InChI=1S/C26H25N3O4/c1-17-4-6-18(7-5-17)16-29-24(19-8-12-21(32-2)13-9-19)23(26(31)28-29)27-25(30)20-10-14-22(33-3)15-11-20/h4-16,23-24H,1-3H3,(H-,27,28,30,31)/p+1/b29-16-/t23-,24+/m0/s1. The molecule has 168 valence electrons. The van der Waals surface area contributed by atoms with E-state index >= 15 is 0 Å². The van der Waals surface area contributed by atoms with Gasteiger partial charge in [-0.05, 0) is 67.6 Å². The number of aryl methyl sites for hydroxylation is 1. The summed E-state index contributed by atoms with van der Waals surface area (Å²) in [4.78, 5) is 25.9. The van der Waals surface area contributed by atoms with Gasteiger partial charge < -0.3 is 14.8 Å². The van der Waals surface area contributed by atoms with Crippen molar-refractivity contribution in [1.82, 2.24) is 10.7 Å². The van der Waals surface area contributed by atoms with Gasteiger partial charge in [-0.3, -0.25) is 9.59 Å². The number of hydrazine groups is 1. The van der Waals surface area contributed by atoms with E-state index in [9.17, 15) is 9.59 Å².